The number of morpholine rings is 1. The third kappa shape index (κ3) is 6.65. The summed E-state index contributed by atoms with van der Waals surface area (Å²) in [7, 11) is 0. The summed E-state index contributed by atoms with van der Waals surface area (Å²) in [6.07, 6.45) is 1.65. The molecule has 2 aliphatic heterocycles. The zero-order valence-electron chi connectivity index (χ0n) is 20.8. The maximum Gasteiger partial charge on any atom is 0.285 e. The van der Waals surface area contributed by atoms with Crippen molar-refractivity contribution in [3.05, 3.63) is 63.0 Å². The van der Waals surface area contributed by atoms with E-state index in [9.17, 15) is 14.4 Å². The molecule has 12 heteroatoms. The number of halogens is 1. The number of aryl methyl sites for hydroxylation is 1. The molecule has 2 aliphatic rings. The van der Waals surface area contributed by atoms with E-state index in [4.69, 9.17) is 38.0 Å². The molecule has 0 spiro atoms. The van der Waals surface area contributed by atoms with Gasteiger partial charge in [-0.25, -0.2) is 0 Å². The lowest BCUT2D eigenvalue weighted by Crippen LogP contribution is -2.44. The van der Waals surface area contributed by atoms with Gasteiger partial charge in [0.2, 0.25) is 0 Å². The minimum Gasteiger partial charge on any atom is -0.490 e. The average molecular weight is 576 g/mol. The maximum atomic E-state index is 13.0. The fourth-order valence-corrected chi connectivity index (χ4v) is 5.23. The topological polar surface area (TPSA) is 97.4 Å². The summed E-state index contributed by atoms with van der Waals surface area (Å²) in [5, 5.41) is 1.31. The summed E-state index contributed by atoms with van der Waals surface area (Å²) in [4.78, 5) is 40.2. The van der Waals surface area contributed by atoms with E-state index in [0.717, 1.165) is 22.3 Å². The lowest BCUT2D eigenvalue weighted by Gasteiger charge is -2.26. The molecule has 0 aromatic heterocycles. The summed E-state index contributed by atoms with van der Waals surface area (Å²) in [5.41, 5.74) is 4.34. The zero-order chi connectivity index (χ0) is 27.2. The van der Waals surface area contributed by atoms with Gasteiger partial charge >= 0.3 is 0 Å². The van der Waals surface area contributed by atoms with Crippen LogP contribution in [-0.4, -0.2) is 71.5 Å². The van der Waals surface area contributed by atoms with Crippen molar-refractivity contribution in [2.24, 2.45) is 0 Å². The van der Waals surface area contributed by atoms with E-state index in [0.29, 0.717) is 54.9 Å². The van der Waals surface area contributed by atoms with Crippen molar-refractivity contribution < 1.29 is 28.6 Å². The minimum absolute atomic E-state index is 0.122. The van der Waals surface area contributed by atoms with Crippen LogP contribution in [0.3, 0.4) is 0 Å². The lowest BCUT2D eigenvalue weighted by atomic mass is 10.1. The number of ether oxygens (including phenoxy) is 3. The summed E-state index contributed by atoms with van der Waals surface area (Å²) in [5.74, 6) is -0.281. The Balaban J connectivity index is 1.45. The van der Waals surface area contributed by atoms with E-state index in [1.54, 1.807) is 47.4 Å². The highest BCUT2D eigenvalue weighted by Gasteiger charge is 2.34. The highest BCUT2D eigenvalue weighted by atomic mass is 35.5. The molecular weight excluding hydrogens is 550 g/mol. The molecule has 0 saturated carbocycles. The van der Waals surface area contributed by atoms with Crippen LogP contribution in [0.2, 0.25) is 5.02 Å². The van der Waals surface area contributed by atoms with Crippen LogP contribution in [0.5, 0.6) is 11.5 Å². The molecule has 38 heavy (non-hydrogen) atoms. The van der Waals surface area contributed by atoms with Crippen molar-refractivity contribution in [3.63, 3.8) is 0 Å². The van der Waals surface area contributed by atoms with Gasteiger partial charge in [0, 0.05) is 13.1 Å². The number of benzene rings is 2. The lowest BCUT2D eigenvalue weighted by molar-refractivity contribution is -0.137. The smallest absolute Gasteiger partial charge is 0.285 e. The molecule has 2 saturated heterocycles. The molecule has 0 atom stereocenters. The van der Waals surface area contributed by atoms with Gasteiger partial charge in [0.1, 0.15) is 0 Å². The number of thiocarbonyl (C=S) groups is 1. The van der Waals surface area contributed by atoms with Gasteiger partial charge in [-0.15, -0.1) is 0 Å². The van der Waals surface area contributed by atoms with E-state index < -0.39 is 11.8 Å². The van der Waals surface area contributed by atoms with Crippen LogP contribution < -0.4 is 14.9 Å². The normalized spacial score (nSPS) is 16.7. The van der Waals surface area contributed by atoms with Gasteiger partial charge in [-0.2, -0.15) is 5.01 Å². The van der Waals surface area contributed by atoms with Gasteiger partial charge in [0.05, 0.1) is 35.3 Å². The van der Waals surface area contributed by atoms with Crippen molar-refractivity contribution in [3.8, 4) is 11.5 Å². The van der Waals surface area contributed by atoms with Crippen LogP contribution in [-0.2, 0) is 14.3 Å². The van der Waals surface area contributed by atoms with Crippen LogP contribution in [0.15, 0.2) is 41.3 Å². The van der Waals surface area contributed by atoms with Crippen molar-refractivity contribution in [2.75, 3.05) is 39.5 Å². The third-order valence-corrected chi connectivity index (χ3v) is 7.27. The van der Waals surface area contributed by atoms with E-state index in [1.165, 1.54) is 0 Å². The molecule has 0 radical (unpaired) electrons. The Kier molecular flexibility index (Phi) is 9.26. The third-order valence-electron chi connectivity index (χ3n) is 5.66. The second-order valence-corrected chi connectivity index (χ2v) is 10.4. The first-order chi connectivity index (χ1) is 18.3. The predicted octanol–water partition coefficient (Wildman–Crippen LogP) is 3.83. The zero-order valence-corrected chi connectivity index (χ0v) is 23.2. The number of thioether (sulfide) groups is 1. The molecule has 1 N–H and O–H groups in total. The Hall–Kier alpha value is -3.12. The van der Waals surface area contributed by atoms with Crippen LogP contribution in [0.1, 0.15) is 28.4 Å². The highest BCUT2D eigenvalue weighted by Crippen LogP contribution is 2.34. The SMILES string of the molecule is CCOc1cc(/C=C2\SC(=S)N(NC(=O)c3ccc(C)cc3Cl)C2=O)ccc1OCC(=O)N1CCOCC1. The molecule has 3 amide bonds. The Bertz CT molecular complexity index is 1300. The van der Waals surface area contributed by atoms with E-state index in [1.807, 2.05) is 13.8 Å². The van der Waals surface area contributed by atoms with Gasteiger partial charge in [-0.3, -0.25) is 19.8 Å². The second kappa shape index (κ2) is 12.6. The number of rotatable bonds is 8. The Morgan fingerprint density at radius 2 is 1.92 bits per heavy atom. The average Bonchev–Trinajstić information content (AvgIpc) is 3.15. The number of carbonyl (C=O) groups excluding carboxylic acids is 3. The molecule has 200 valence electrons. The minimum atomic E-state index is -0.542. The molecule has 0 aliphatic carbocycles. The number of hydrazine groups is 1. The van der Waals surface area contributed by atoms with Gasteiger partial charge in [-0.05, 0) is 67.5 Å². The van der Waals surface area contributed by atoms with Crippen molar-refractivity contribution in [1.82, 2.24) is 15.3 Å². The molecule has 2 fully saturated rings. The number of hydrogen-bond acceptors (Lipinski definition) is 8. The largest absolute Gasteiger partial charge is 0.490 e. The van der Waals surface area contributed by atoms with Gasteiger partial charge < -0.3 is 19.1 Å². The first-order valence-electron chi connectivity index (χ1n) is 11.9. The van der Waals surface area contributed by atoms with Crippen LogP contribution in [0, 0.1) is 6.92 Å². The molecule has 2 heterocycles. The number of carbonyl (C=O) groups is 3. The summed E-state index contributed by atoms with van der Waals surface area (Å²) < 4.78 is 16.9. The van der Waals surface area contributed by atoms with Gasteiger partial charge in [0.15, 0.2) is 22.4 Å². The molecule has 0 bridgehead atoms. The number of nitrogens with one attached hydrogen (secondary N) is 1. The fraction of sp³-hybridized carbons (Fsp3) is 0.308. The van der Waals surface area contributed by atoms with Crippen molar-refractivity contribution in [1.29, 1.82) is 0 Å². The van der Waals surface area contributed by atoms with Gasteiger partial charge in [-0.1, -0.05) is 35.5 Å². The predicted molar refractivity (Wildman–Crippen MR) is 149 cm³/mol. The summed E-state index contributed by atoms with van der Waals surface area (Å²) in [6, 6.07) is 10.2. The van der Waals surface area contributed by atoms with E-state index in [-0.39, 0.29) is 27.4 Å². The van der Waals surface area contributed by atoms with Crippen molar-refractivity contribution in [2.45, 2.75) is 13.8 Å². The quantitative estimate of drug-likeness (QED) is 0.375. The summed E-state index contributed by atoms with van der Waals surface area (Å²) >= 11 is 12.6. The Morgan fingerprint density at radius 1 is 1.16 bits per heavy atom. The number of hydrogen-bond donors (Lipinski definition) is 1. The molecule has 2 aromatic rings. The number of amides is 3. The van der Waals surface area contributed by atoms with Crippen LogP contribution in [0.25, 0.3) is 6.08 Å². The van der Waals surface area contributed by atoms with Crippen LogP contribution >= 0.6 is 35.6 Å². The maximum absolute atomic E-state index is 13.0. The first kappa shape index (κ1) is 27.9. The van der Waals surface area contributed by atoms with Crippen LogP contribution in [0.4, 0.5) is 0 Å². The Labute approximate surface area is 235 Å². The molecule has 9 nitrogen and oxygen atoms in total. The molecule has 2 aromatic carbocycles. The molecule has 0 unspecified atom stereocenters. The highest BCUT2D eigenvalue weighted by molar-refractivity contribution is 8.26. The van der Waals surface area contributed by atoms with Gasteiger partial charge in [0.25, 0.3) is 17.7 Å². The number of nitrogens with zero attached hydrogens (tertiary/aromatic N) is 2. The van der Waals surface area contributed by atoms with E-state index in [2.05, 4.69) is 5.43 Å². The van der Waals surface area contributed by atoms with E-state index >= 15 is 0 Å². The molecular formula is C26H26ClN3O6S2. The monoisotopic (exact) mass is 575 g/mol. The van der Waals surface area contributed by atoms with Crippen molar-refractivity contribution >= 4 is 63.7 Å². The fourth-order valence-electron chi connectivity index (χ4n) is 3.73. The summed E-state index contributed by atoms with van der Waals surface area (Å²) in [6.45, 7) is 6.06. The second-order valence-electron chi connectivity index (χ2n) is 8.36. The molecule has 4 rings (SSSR count). The Morgan fingerprint density at radius 3 is 2.63 bits per heavy atom. The standard InChI is InChI=1S/C26H26ClN3O6S2/c1-3-35-21-13-17(5-7-20(21)36-15-23(31)29-8-10-34-11-9-29)14-22-25(33)30(26(37)38-22)28-24(32)18-6-4-16(2)12-19(18)27/h4-7,12-14H,3,8-11,15H2,1-2H3,(H,28,32)/b22-14-. The first-order valence-corrected chi connectivity index (χ1v) is 13.5.